The normalized spacial score (nSPS) is 17.7. The molecule has 3 rings (SSSR count). The molecule has 1 aliphatic heterocycles. The molecule has 11 heteroatoms. The van der Waals surface area contributed by atoms with Crippen LogP contribution in [0.5, 0.6) is 0 Å². The summed E-state index contributed by atoms with van der Waals surface area (Å²) in [6.07, 6.45) is 0.819. The number of hydrogen-bond acceptors (Lipinski definition) is 7. The van der Waals surface area contributed by atoms with Crippen LogP contribution in [0.3, 0.4) is 0 Å². The highest BCUT2D eigenvalue weighted by Gasteiger charge is 2.31. The van der Waals surface area contributed by atoms with Gasteiger partial charge in [0.15, 0.2) is 5.82 Å². The molecule has 150 valence electrons. The fourth-order valence-electron chi connectivity index (χ4n) is 3.30. The van der Waals surface area contributed by atoms with Gasteiger partial charge in [0.2, 0.25) is 5.82 Å². The van der Waals surface area contributed by atoms with E-state index in [9.17, 15) is 14.5 Å². The van der Waals surface area contributed by atoms with E-state index in [1.807, 2.05) is 11.8 Å². The Kier molecular flexibility index (Phi) is 6.17. The lowest BCUT2D eigenvalue weighted by molar-refractivity contribution is -0.388. The topological polar surface area (TPSA) is 101 Å². The van der Waals surface area contributed by atoms with Gasteiger partial charge in [-0.2, -0.15) is 0 Å². The molecule has 2 aromatic rings. The molecule has 1 atom stereocenters. The van der Waals surface area contributed by atoms with Crippen molar-refractivity contribution in [3.8, 4) is 0 Å². The van der Waals surface area contributed by atoms with Crippen molar-refractivity contribution in [3.63, 3.8) is 0 Å². The van der Waals surface area contributed by atoms with Crippen molar-refractivity contribution < 1.29 is 9.31 Å². The zero-order valence-corrected chi connectivity index (χ0v) is 16.6. The molecule has 0 aliphatic carbocycles. The second kappa shape index (κ2) is 8.42. The molecule has 0 amide bonds. The molecular weight excluding hydrogens is 410 g/mol. The summed E-state index contributed by atoms with van der Waals surface area (Å²) in [5, 5.41) is 11.2. The van der Waals surface area contributed by atoms with Gasteiger partial charge in [0.1, 0.15) is 5.82 Å². The van der Waals surface area contributed by atoms with Crippen LogP contribution in [0.15, 0.2) is 18.2 Å². The van der Waals surface area contributed by atoms with Crippen molar-refractivity contribution in [1.82, 2.24) is 14.9 Å². The summed E-state index contributed by atoms with van der Waals surface area (Å²) in [6, 6.07) is 4.78. The lowest BCUT2D eigenvalue weighted by Gasteiger charge is -2.41. The second-order valence-corrected chi connectivity index (χ2v) is 7.31. The van der Waals surface area contributed by atoms with Crippen LogP contribution < -0.4 is 10.6 Å². The Morgan fingerprint density at radius 1 is 1.36 bits per heavy atom. The van der Waals surface area contributed by atoms with Crippen LogP contribution in [0.2, 0.25) is 10.2 Å². The highest BCUT2D eigenvalue weighted by Crippen LogP contribution is 2.30. The third-order valence-corrected chi connectivity index (χ3v) is 5.27. The van der Waals surface area contributed by atoms with Crippen molar-refractivity contribution in [2.24, 2.45) is 0 Å². The number of aromatic nitrogens is 2. The van der Waals surface area contributed by atoms with Crippen molar-refractivity contribution in [1.29, 1.82) is 0 Å². The van der Waals surface area contributed by atoms with Gasteiger partial charge in [-0.3, -0.25) is 4.90 Å². The molecule has 0 saturated carbocycles. The molecular formula is C17H19Cl2FN6O2. The van der Waals surface area contributed by atoms with E-state index in [4.69, 9.17) is 28.9 Å². The Hall–Kier alpha value is -2.23. The van der Waals surface area contributed by atoms with Crippen LogP contribution in [-0.4, -0.2) is 45.5 Å². The summed E-state index contributed by atoms with van der Waals surface area (Å²) >= 11 is 11.9. The van der Waals surface area contributed by atoms with E-state index in [0.29, 0.717) is 42.6 Å². The average Bonchev–Trinajstić information content (AvgIpc) is 2.65. The first-order valence-electron chi connectivity index (χ1n) is 8.70. The number of anilines is 2. The highest BCUT2D eigenvalue weighted by atomic mass is 35.5. The van der Waals surface area contributed by atoms with Crippen molar-refractivity contribution >= 4 is 40.7 Å². The Balaban J connectivity index is 1.77. The van der Waals surface area contributed by atoms with Gasteiger partial charge in [0.25, 0.3) is 5.15 Å². The van der Waals surface area contributed by atoms with Crippen LogP contribution in [0.25, 0.3) is 0 Å². The van der Waals surface area contributed by atoms with Crippen LogP contribution in [0.1, 0.15) is 18.9 Å². The van der Waals surface area contributed by atoms with Crippen molar-refractivity contribution in [2.75, 3.05) is 30.3 Å². The van der Waals surface area contributed by atoms with Gasteiger partial charge >= 0.3 is 5.82 Å². The largest absolute Gasteiger partial charge is 0.408 e. The first kappa shape index (κ1) is 20.5. The summed E-state index contributed by atoms with van der Waals surface area (Å²) in [4.78, 5) is 22.2. The fourth-order valence-corrected chi connectivity index (χ4v) is 3.70. The van der Waals surface area contributed by atoms with Gasteiger partial charge in [-0.1, -0.05) is 24.6 Å². The Labute approximate surface area is 171 Å². The van der Waals surface area contributed by atoms with E-state index in [0.717, 1.165) is 6.42 Å². The summed E-state index contributed by atoms with van der Waals surface area (Å²) in [7, 11) is 0. The molecule has 1 saturated heterocycles. The van der Waals surface area contributed by atoms with Gasteiger partial charge in [0.05, 0.1) is 0 Å². The molecule has 0 unspecified atom stereocenters. The number of nitrogen functional groups attached to an aromatic ring is 1. The predicted octanol–water partition coefficient (Wildman–Crippen LogP) is 3.51. The number of nitrogens with two attached hydrogens (primary N) is 1. The average molecular weight is 429 g/mol. The molecule has 8 nitrogen and oxygen atoms in total. The third kappa shape index (κ3) is 4.26. The molecule has 2 heterocycles. The van der Waals surface area contributed by atoms with E-state index < -0.39 is 10.7 Å². The number of hydrogen-bond donors (Lipinski definition) is 1. The fraction of sp³-hybridized carbons (Fsp3) is 0.412. The van der Waals surface area contributed by atoms with Gasteiger partial charge in [-0.25, -0.2) is 9.37 Å². The van der Waals surface area contributed by atoms with Gasteiger partial charge in [-0.15, -0.1) is 0 Å². The van der Waals surface area contributed by atoms with Crippen LogP contribution >= 0.6 is 23.2 Å². The maximum Gasteiger partial charge on any atom is 0.408 e. The van der Waals surface area contributed by atoms with Crippen LogP contribution in [-0.2, 0) is 6.54 Å². The zero-order valence-electron chi connectivity index (χ0n) is 15.1. The number of piperazine rings is 1. The Bertz CT molecular complexity index is 900. The third-order valence-electron chi connectivity index (χ3n) is 4.78. The maximum absolute atomic E-state index is 14.2. The Morgan fingerprint density at radius 2 is 2.11 bits per heavy atom. The molecule has 0 spiro atoms. The standard InChI is InChI=1S/C17H19Cl2FN6O2/c1-2-12-9-25(16-14(19)22-17(26(27)28)15(21)23-16)6-5-24(12)8-10-3-4-11(18)7-13(10)20/h3-4,7,12H,2,5-6,8-9H2,1H3,(H2,21,23)/t12-/m0/s1. The SMILES string of the molecule is CC[C@H]1CN(c2nc(N)c([N+](=O)[O-])nc2Cl)CCN1Cc1ccc(Cl)cc1F. The van der Waals surface area contributed by atoms with Gasteiger partial charge < -0.3 is 20.7 Å². The van der Waals surface area contributed by atoms with E-state index in [1.54, 1.807) is 12.1 Å². The van der Waals surface area contributed by atoms with Gasteiger partial charge in [0, 0.05) is 42.8 Å². The summed E-state index contributed by atoms with van der Waals surface area (Å²) in [5.74, 6) is -0.844. The number of nitro groups is 1. The minimum Gasteiger partial charge on any atom is -0.377 e. The summed E-state index contributed by atoms with van der Waals surface area (Å²) < 4.78 is 14.2. The Morgan fingerprint density at radius 3 is 2.75 bits per heavy atom. The lowest BCUT2D eigenvalue weighted by Crippen LogP contribution is -2.53. The molecule has 28 heavy (non-hydrogen) atoms. The minimum absolute atomic E-state index is 0.0621. The summed E-state index contributed by atoms with van der Waals surface area (Å²) in [5.41, 5.74) is 6.24. The van der Waals surface area contributed by atoms with Crippen molar-refractivity contribution in [2.45, 2.75) is 25.9 Å². The van der Waals surface area contributed by atoms with Crippen LogP contribution in [0, 0.1) is 15.9 Å². The molecule has 0 bridgehead atoms. The highest BCUT2D eigenvalue weighted by molar-refractivity contribution is 6.32. The smallest absolute Gasteiger partial charge is 0.377 e. The first-order chi connectivity index (χ1) is 13.3. The maximum atomic E-state index is 14.2. The number of rotatable bonds is 5. The van der Waals surface area contributed by atoms with E-state index in [-0.39, 0.29) is 22.8 Å². The summed E-state index contributed by atoms with van der Waals surface area (Å²) in [6.45, 7) is 4.25. The first-order valence-corrected chi connectivity index (χ1v) is 9.46. The molecule has 0 radical (unpaired) electrons. The predicted molar refractivity (Wildman–Crippen MR) is 106 cm³/mol. The quantitative estimate of drug-likeness (QED) is 0.573. The molecule has 1 fully saturated rings. The van der Waals surface area contributed by atoms with Gasteiger partial charge in [-0.05, 0) is 40.1 Å². The van der Waals surface area contributed by atoms with E-state index in [2.05, 4.69) is 14.9 Å². The lowest BCUT2D eigenvalue weighted by atomic mass is 10.1. The van der Waals surface area contributed by atoms with E-state index >= 15 is 0 Å². The number of benzene rings is 1. The number of halogens is 3. The van der Waals surface area contributed by atoms with Crippen LogP contribution in [0.4, 0.5) is 21.8 Å². The second-order valence-electron chi connectivity index (χ2n) is 6.52. The minimum atomic E-state index is -0.717. The zero-order chi connectivity index (χ0) is 20.4. The number of nitrogens with zero attached hydrogens (tertiary/aromatic N) is 5. The molecule has 1 aliphatic rings. The molecule has 1 aromatic carbocycles. The molecule has 2 N–H and O–H groups in total. The molecule has 1 aromatic heterocycles. The van der Waals surface area contributed by atoms with Crippen molar-refractivity contribution in [3.05, 3.63) is 49.9 Å². The van der Waals surface area contributed by atoms with E-state index in [1.165, 1.54) is 6.07 Å². The monoisotopic (exact) mass is 428 g/mol.